The standard InChI is InChI=1S/C9H7ClFN3/c1-14-8(12-9(10)13-14)6-2-4-7(11)5-3-6/h2-5H,1H3. The first-order chi connectivity index (χ1) is 6.66. The van der Waals surface area contributed by atoms with Crippen LogP contribution in [0.5, 0.6) is 0 Å². The fraction of sp³-hybridized carbons (Fsp3) is 0.111. The van der Waals surface area contributed by atoms with Crippen LogP contribution in [0, 0.1) is 5.82 Å². The van der Waals surface area contributed by atoms with Crippen LogP contribution in [0.2, 0.25) is 5.28 Å². The van der Waals surface area contributed by atoms with Crippen LogP contribution in [0.4, 0.5) is 4.39 Å². The summed E-state index contributed by atoms with van der Waals surface area (Å²) in [6.07, 6.45) is 0. The van der Waals surface area contributed by atoms with Crippen molar-refractivity contribution in [3.63, 3.8) is 0 Å². The molecule has 1 aromatic heterocycles. The third-order valence-corrected chi connectivity index (χ3v) is 2.00. The Bertz CT molecular complexity index is 450. The van der Waals surface area contributed by atoms with E-state index in [4.69, 9.17) is 11.6 Å². The van der Waals surface area contributed by atoms with Crippen molar-refractivity contribution in [3.8, 4) is 11.4 Å². The van der Waals surface area contributed by atoms with Gasteiger partial charge in [-0.25, -0.2) is 9.07 Å². The maximum atomic E-state index is 12.6. The number of aryl methyl sites for hydroxylation is 1. The summed E-state index contributed by atoms with van der Waals surface area (Å²) in [5.41, 5.74) is 0.785. The van der Waals surface area contributed by atoms with E-state index in [9.17, 15) is 4.39 Å². The van der Waals surface area contributed by atoms with Gasteiger partial charge in [-0.3, -0.25) is 0 Å². The van der Waals surface area contributed by atoms with Crippen molar-refractivity contribution >= 4 is 11.6 Å². The highest BCUT2D eigenvalue weighted by molar-refractivity contribution is 6.28. The molecular weight excluding hydrogens is 205 g/mol. The van der Waals surface area contributed by atoms with Gasteiger partial charge in [0, 0.05) is 12.6 Å². The number of aromatic nitrogens is 3. The molecule has 3 nitrogen and oxygen atoms in total. The summed E-state index contributed by atoms with van der Waals surface area (Å²) in [6.45, 7) is 0. The molecule has 1 heterocycles. The molecule has 2 rings (SSSR count). The number of nitrogens with zero attached hydrogens (tertiary/aromatic N) is 3. The molecule has 1 aromatic carbocycles. The van der Waals surface area contributed by atoms with E-state index in [2.05, 4.69) is 10.1 Å². The summed E-state index contributed by atoms with van der Waals surface area (Å²) < 4.78 is 14.2. The second-order valence-electron chi connectivity index (χ2n) is 2.83. The number of hydrogen-bond acceptors (Lipinski definition) is 2. The minimum Gasteiger partial charge on any atom is -0.247 e. The minimum atomic E-state index is -0.276. The molecular formula is C9H7ClFN3. The maximum absolute atomic E-state index is 12.6. The van der Waals surface area contributed by atoms with Gasteiger partial charge < -0.3 is 0 Å². The van der Waals surface area contributed by atoms with E-state index < -0.39 is 0 Å². The van der Waals surface area contributed by atoms with Crippen molar-refractivity contribution in [1.29, 1.82) is 0 Å². The number of rotatable bonds is 1. The van der Waals surface area contributed by atoms with E-state index in [0.717, 1.165) is 5.56 Å². The largest absolute Gasteiger partial charge is 0.247 e. The molecule has 0 radical (unpaired) electrons. The van der Waals surface area contributed by atoms with Crippen molar-refractivity contribution in [2.24, 2.45) is 7.05 Å². The average Bonchev–Trinajstić information content (AvgIpc) is 2.47. The van der Waals surface area contributed by atoms with Gasteiger partial charge in [-0.05, 0) is 35.9 Å². The Kier molecular flexibility index (Phi) is 2.21. The summed E-state index contributed by atoms with van der Waals surface area (Å²) in [4.78, 5) is 4.00. The van der Waals surface area contributed by atoms with Crippen LogP contribution in [-0.2, 0) is 7.05 Å². The van der Waals surface area contributed by atoms with Gasteiger partial charge in [-0.2, -0.15) is 4.98 Å². The number of hydrogen-bond donors (Lipinski definition) is 0. The summed E-state index contributed by atoms with van der Waals surface area (Å²) >= 11 is 5.63. The molecule has 0 saturated carbocycles. The lowest BCUT2D eigenvalue weighted by molar-refractivity contribution is 0.628. The normalized spacial score (nSPS) is 10.5. The lowest BCUT2D eigenvalue weighted by atomic mass is 10.2. The molecule has 0 amide bonds. The predicted molar refractivity (Wildman–Crippen MR) is 51.4 cm³/mol. The highest BCUT2D eigenvalue weighted by Crippen LogP contribution is 2.18. The van der Waals surface area contributed by atoms with Gasteiger partial charge in [0.05, 0.1) is 0 Å². The van der Waals surface area contributed by atoms with Crippen molar-refractivity contribution < 1.29 is 4.39 Å². The molecule has 0 aliphatic heterocycles. The average molecular weight is 212 g/mol. The Morgan fingerprint density at radius 1 is 1.29 bits per heavy atom. The Balaban J connectivity index is 2.49. The molecule has 5 heteroatoms. The zero-order valence-electron chi connectivity index (χ0n) is 7.41. The molecule has 0 unspecified atom stereocenters. The third kappa shape index (κ3) is 1.61. The van der Waals surface area contributed by atoms with Crippen LogP contribution >= 0.6 is 11.6 Å². The van der Waals surface area contributed by atoms with E-state index in [1.165, 1.54) is 12.1 Å². The molecule has 0 spiro atoms. The van der Waals surface area contributed by atoms with Crippen LogP contribution in [0.1, 0.15) is 0 Å². The van der Waals surface area contributed by atoms with Gasteiger partial charge in [0.25, 0.3) is 0 Å². The van der Waals surface area contributed by atoms with Crippen molar-refractivity contribution in [1.82, 2.24) is 14.8 Å². The van der Waals surface area contributed by atoms with Crippen LogP contribution < -0.4 is 0 Å². The first kappa shape index (κ1) is 9.15. The van der Waals surface area contributed by atoms with Gasteiger partial charge >= 0.3 is 0 Å². The monoisotopic (exact) mass is 211 g/mol. The smallest absolute Gasteiger partial charge is 0.242 e. The Labute approximate surface area is 85.1 Å². The second kappa shape index (κ2) is 3.38. The van der Waals surface area contributed by atoms with Crippen molar-refractivity contribution in [2.75, 3.05) is 0 Å². The Morgan fingerprint density at radius 3 is 2.43 bits per heavy atom. The first-order valence-corrected chi connectivity index (χ1v) is 4.37. The lowest BCUT2D eigenvalue weighted by Crippen LogP contribution is -1.94. The Morgan fingerprint density at radius 2 is 1.93 bits per heavy atom. The van der Waals surface area contributed by atoms with Crippen LogP contribution in [0.25, 0.3) is 11.4 Å². The predicted octanol–water partition coefficient (Wildman–Crippen LogP) is 2.27. The molecule has 0 atom stereocenters. The first-order valence-electron chi connectivity index (χ1n) is 3.99. The van der Waals surface area contributed by atoms with Crippen molar-refractivity contribution in [2.45, 2.75) is 0 Å². The lowest BCUT2D eigenvalue weighted by Gasteiger charge is -1.98. The van der Waals surface area contributed by atoms with Gasteiger partial charge in [0.1, 0.15) is 5.82 Å². The quantitative estimate of drug-likeness (QED) is 0.725. The Hall–Kier alpha value is -1.42. The second-order valence-corrected chi connectivity index (χ2v) is 3.17. The fourth-order valence-corrected chi connectivity index (χ4v) is 1.40. The van der Waals surface area contributed by atoms with E-state index in [1.807, 2.05) is 0 Å². The molecule has 0 N–H and O–H groups in total. The van der Waals surface area contributed by atoms with Crippen LogP contribution in [0.15, 0.2) is 24.3 Å². The number of halogens is 2. The fourth-order valence-electron chi connectivity index (χ4n) is 1.20. The van der Waals surface area contributed by atoms with E-state index in [-0.39, 0.29) is 11.1 Å². The van der Waals surface area contributed by atoms with Gasteiger partial charge in [-0.1, -0.05) is 0 Å². The molecule has 0 bridgehead atoms. The maximum Gasteiger partial charge on any atom is 0.242 e. The van der Waals surface area contributed by atoms with Crippen molar-refractivity contribution in [3.05, 3.63) is 35.4 Å². The molecule has 72 valence electrons. The van der Waals surface area contributed by atoms with Crippen LogP contribution in [0.3, 0.4) is 0 Å². The SMILES string of the molecule is Cn1nc(Cl)nc1-c1ccc(F)cc1. The summed E-state index contributed by atoms with van der Waals surface area (Å²) in [5.74, 6) is 0.344. The number of benzene rings is 1. The summed E-state index contributed by atoms with van der Waals surface area (Å²) in [5, 5.41) is 4.07. The minimum absolute atomic E-state index is 0.187. The van der Waals surface area contributed by atoms with Gasteiger partial charge in [-0.15, -0.1) is 5.10 Å². The van der Waals surface area contributed by atoms with Gasteiger partial charge in [0.2, 0.25) is 5.28 Å². The molecule has 2 aromatic rings. The third-order valence-electron chi connectivity index (χ3n) is 1.84. The summed E-state index contributed by atoms with van der Waals surface area (Å²) in [7, 11) is 1.73. The van der Waals surface area contributed by atoms with E-state index >= 15 is 0 Å². The van der Waals surface area contributed by atoms with Gasteiger partial charge in [0.15, 0.2) is 5.82 Å². The molecule has 0 fully saturated rings. The zero-order valence-corrected chi connectivity index (χ0v) is 8.16. The molecule has 0 saturated heterocycles. The molecule has 0 aliphatic carbocycles. The highest BCUT2D eigenvalue weighted by Gasteiger charge is 2.07. The van der Waals surface area contributed by atoms with E-state index in [1.54, 1.807) is 23.9 Å². The molecule has 0 aliphatic rings. The topological polar surface area (TPSA) is 30.7 Å². The highest BCUT2D eigenvalue weighted by atomic mass is 35.5. The molecule has 14 heavy (non-hydrogen) atoms. The summed E-state index contributed by atoms with van der Waals surface area (Å²) in [6, 6.07) is 6.02. The van der Waals surface area contributed by atoms with E-state index in [0.29, 0.717) is 5.82 Å². The zero-order chi connectivity index (χ0) is 10.1. The van der Waals surface area contributed by atoms with Crippen LogP contribution in [-0.4, -0.2) is 14.8 Å².